The summed E-state index contributed by atoms with van der Waals surface area (Å²) in [4.78, 5) is 0. The minimum absolute atomic E-state index is 1.30. The molecule has 156 valence electrons. The molecule has 0 aliphatic heterocycles. The van der Waals surface area contributed by atoms with Crippen molar-refractivity contribution in [2.45, 2.75) is 0 Å². The highest BCUT2D eigenvalue weighted by molar-refractivity contribution is 6.14. The second kappa shape index (κ2) is 6.68. The Balaban J connectivity index is 1.48. The maximum atomic E-state index is 2.33. The molecule has 0 unspecified atom stereocenters. The molecule has 2 aliphatic carbocycles. The van der Waals surface area contributed by atoms with Crippen LogP contribution in [-0.4, -0.2) is 0 Å². The van der Waals surface area contributed by atoms with Crippen LogP contribution in [0.5, 0.6) is 0 Å². The number of hydrogen-bond acceptors (Lipinski definition) is 0. The van der Waals surface area contributed by atoms with Crippen LogP contribution in [0.1, 0.15) is 22.3 Å². The Morgan fingerprint density at radius 1 is 0.382 bits per heavy atom. The molecular weight excluding hydrogens is 408 g/mol. The van der Waals surface area contributed by atoms with E-state index in [0.29, 0.717) is 0 Å². The van der Waals surface area contributed by atoms with E-state index in [4.69, 9.17) is 0 Å². The van der Waals surface area contributed by atoms with Crippen molar-refractivity contribution < 1.29 is 0 Å². The highest BCUT2D eigenvalue weighted by Crippen LogP contribution is 2.44. The Bertz CT molecular complexity index is 1750. The zero-order valence-electron chi connectivity index (χ0n) is 18.5. The van der Waals surface area contributed by atoms with Gasteiger partial charge in [-0.15, -0.1) is 0 Å². The minimum Gasteiger partial charge on any atom is -0.0754 e. The standard InChI is InChI=1S/C34H20/c1-3-9-25-21(7-1)19-23-15-17-27(31-13-5-11-29(25)33(23)31)28-18-16-24-20-22-8-2-4-10-26(22)30-12-6-14-32(28)34(24)30/h1-20H. The molecule has 0 spiro atoms. The molecule has 0 heterocycles. The third-order valence-electron chi connectivity index (χ3n) is 7.56. The first-order valence-corrected chi connectivity index (χ1v) is 11.9. The Hall–Kier alpha value is -4.16. The second-order valence-corrected chi connectivity index (χ2v) is 9.32. The van der Waals surface area contributed by atoms with Gasteiger partial charge >= 0.3 is 0 Å². The largest absolute Gasteiger partial charge is 0.0754 e. The van der Waals surface area contributed by atoms with Gasteiger partial charge in [0, 0.05) is 12.8 Å². The molecule has 0 fully saturated rings. The van der Waals surface area contributed by atoms with Crippen LogP contribution >= 0.6 is 0 Å². The summed E-state index contributed by atoms with van der Waals surface area (Å²) in [5.74, 6) is 0. The molecular formula is C34H20. The van der Waals surface area contributed by atoms with Crippen molar-refractivity contribution in [2.75, 3.05) is 0 Å². The SMILES string of the molecule is [CH]1C=Cc2c3ccccc3cc3ccc(-c4ccc5cc6ccccc6c6c5c4[CH]C=C6)c1c23. The van der Waals surface area contributed by atoms with Gasteiger partial charge in [-0.25, -0.2) is 0 Å². The highest BCUT2D eigenvalue weighted by atomic mass is 14.2. The van der Waals surface area contributed by atoms with Crippen molar-refractivity contribution in [2.24, 2.45) is 0 Å². The molecule has 0 bridgehead atoms. The van der Waals surface area contributed by atoms with Gasteiger partial charge in [0.1, 0.15) is 0 Å². The third kappa shape index (κ3) is 2.38. The lowest BCUT2D eigenvalue weighted by Gasteiger charge is -2.23. The van der Waals surface area contributed by atoms with E-state index in [-0.39, 0.29) is 0 Å². The molecule has 6 aromatic carbocycles. The molecule has 8 rings (SSSR count). The van der Waals surface area contributed by atoms with Gasteiger partial charge in [0.05, 0.1) is 0 Å². The predicted molar refractivity (Wildman–Crippen MR) is 147 cm³/mol. The van der Waals surface area contributed by atoms with Crippen LogP contribution in [0, 0.1) is 12.8 Å². The van der Waals surface area contributed by atoms with Crippen LogP contribution in [0.15, 0.2) is 97.1 Å². The smallest absolute Gasteiger partial charge is 0.0138 e. The molecule has 2 aliphatic rings. The van der Waals surface area contributed by atoms with Gasteiger partial charge in [0.15, 0.2) is 0 Å². The summed E-state index contributed by atoms with van der Waals surface area (Å²) in [5, 5.41) is 10.6. The van der Waals surface area contributed by atoms with E-state index in [1.807, 2.05) is 0 Å². The Morgan fingerprint density at radius 2 is 0.853 bits per heavy atom. The molecule has 0 N–H and O–H groups in total. The number of allylic oxidation sites excluding steroid dienone is 2. The summed E-state index contributed by atoms with van der Waals surface area (Å²) < 4.78 is 0. The maximum absolute atomic E-state index is 2.33. The lowest BCUT2D eigenvalue weighted by atomic mass is 9.80. The summed E-state index contributed by atoms with van der Waals surface area (Å²) in [7, 11) is 0. The van der Waals surface area contributed by atoms with Crippen LogP contribution in [0.4, 0.5) is 0 Å². The Morgan fingerprint density at radius 3 is 1.35 bits per heavy atom. The van der Waals surface area contributed by atoms with Crippen molar-refractivity contribution in [3.8, 4) is 11.1 Å². The number of hydrogen-bond donors (Lipinski definition) is 0. The van der Waals surface area contributed by atoms with Crippen molar-refractivity contribution in [1.82, 2.24) is 0 Å². The molecule has 0 amide bonds. The Labute approximate surface area is 198 Å². The van der Waals surface area contributed by atoms with Gasteiger partial charge in [-0.3, -0.25) is 0 Å². The first-order chi connectivity index (χ1) is 16.9. The molecule has 6 aromatic rings. The highest BCUT2D eigenvalue weighted by Gasteiger charge is 2.21. The van der Waals surface area contributed by atoms with Gasteiger partial charge in [0.2, 0.25) is 0 Å². The Kier molecular flexibility index (Phi) is 3.59. The van der Waals surface area contributed by atoms with E-state index in [1.165, 1.54) is 76.5 Å². The zero-order chi connectivity index (χ0) is 22.2. The van der Waals surface area contributed by atoms with Crippen molar-refractivity contribution in [1.29, 1.82) is 0 Å². The maximum Gasteiger partial charge on any atom is 0.0138 e. The van der Waals surface area contributed by atoms with Crippen molar-refractivity contribution in [3.63, 3.8) is 0 Å². The number of benzene rings is 6. The molecule has 34 heavy (non-hydrogen) atoms. The average Bonchev–Trinajstić information content (AvgIpc) is 2.90. The van der Waals surface area contributed by atoms with E-state index in [1.54, 1.807) is 0 Å². The van der Waals surface area contributed by atoms with Gasteiger partial charge in [-0.1, -0.05) is 97.1 Å². The fourth-order valence-electron chi connectivity index (χ4n) is 6.10. The van der Waals surface area contributed by atoms with Crippen LogP contribution < -0.4 is 0 Å². The molecule has 0 saturated carbocycles. The van der Waals surface area contributed by atoms with Crippen molar-refractivity contribution >= 4 is 55.2 Å². The molecule has 0 heteroatoms. The number of rotatable bonds is 1. The summed E-state index contributed by atoms with van der Waals surface area (Å²) >= 11 is 0. The first-order valence-electron chi connectivity index (χ1n) is 11.9. The fourth-order valence-corrected chi connectivity index (χ4v) is 6.10. The van der Waals surface area contributed by atoms with Gasteiger partial charge < -0.3 is 0 Å². The van der Waals surface area contributed by atoms with Crippen LogP contribution in [-0.2, 0) is 0 Å². The lowest BCUT2D eigenvalue weighted by Crippen LogP contribution is -2.00. The molecule has 0 nitrogen and oxygen atoms in total. The molecule has 0 atom stereocenters. The first kappa shape index (κ1) is 18.3. The topological polar surface area (TPSA) is 0 Å². The summed E-state index contributed by atoms with van der Waals surface area (Å²) in [6, 6.07) is 31.3. The minimum atomic E-state index is 1.30. The average molecular weight is 429 g/mol. The molecule has 0 aromatic heterocycles. The monoisotopic (exact) mass is 428 g/mol. The van der Waals surface area contributed by atoms with E-state index in [0.717, 1.165) is 0 Å². The fraction of sp³-hybridized carbons (Fsp3) is 0. The predicted octanol–water partition coefficient (Wildman–Crippen LogP) is 9.12. The van der Waals surface area contributed by atoms with Gasteiger partial charge in [0.25, 0.3) is 0 Å². The van der Waals surface area contributed by atoms with Gasteiger partial charge in [-0.05, 0) is 88.6 Å². The quantitative estimate of drug-likeness (QED) is 0.229. The van der Waals surface area contributed by atoms with Crippen LogP contribution in [0.3, 0.4) is 0 Å². The summed E-state index contributed by atoms with van der Waals surface area (Å²) in [6.45, 7) is 0. The molecule has 0 saturated heterocycles. The normalized spacial score (nSPS) is 14.0. The molecule has 2 radical (unpaired) electrons. The number of fused-ring (bicyclic) bond motifs is 4. The van der Waals surface area contributed by atoms with Crippen LogP contribution in [0.25, 0.3) is 66.4 Å². The lowest BCUT2D eigenvalue weighted by molar-refractivity contribution is 1.49. The summed E-state index contributed by atoms with van der Waals surface area (Å²) in [6.07, 6.45) is 13.5. The second-order valence-electron chi connectivity index (χ2n) is 9.32. The van der Waals surface area contributed by atoms with Crippen molar-refractivity contribution in [3.05, 3.63) is 132 Å². The van der Waals surface area contributed by atoms with Crippen LogP contribution in [0.2, 0.25) is 0 Å². The van der Waals surface area contributed by atoms with E-state index in [2.05, 4.69) is 122 Å². The third-order valence-corrected chi connectivity index (χ3v) is 7.56. The van der Waals surface area contributed by atoms with E-state index < -0.39 is 0 Å². The zero-order valence-corrected chi connectivity index (χ0v) is 18.5. The van der Waals surface area contributed by atoms with Gasteiger partial charge in [-0.2, -0.15) is 0 Å². The van der Waals surface area contributed by atoms with E-state index >= 15 is 0 Å². The van der Waals surface area contributed by atoms with E-state index in [9.17, 15) is 0 Å². The summed E-state index contributed by atoms with van der Waals surface area (Å²) in [5.41, 5.74) is 7.91.